The highest BCUT2D eigenvalue weighted by molar-refractivity contribution is 6.06. The zero-order chi connectivity index (χ0) is 15.6. The minimum Gasteiger partial charge on any atom is -0.366 e. The van der Waals surface area contributed by atoms with Gasteiger partial charge in [0, 0.05) is 35.5 Å². The van der Waals surface area contributed by atoms with Crippen molar-refractivity contribution in [2.75, 3.05) is 18.4 Å². The van der Waals surface area contributed by atoms with Crippen molar-refractivity contribution in [3.63, 3.8) is 0 Å². The standard InChI is InChI=1S/C14H16N4O3/c1-7(10-5-17-6-10)14(21)18-11-3-8(12(15)19)2-9(4-11)13(16)20/h2-4,17H,5-6H2,1H3,(H2,15,19)(H2,16,20)(H,18,21). The number of carbonyl (C=O) groups is 3. The van der Waals surface area contributed by atoms with Gasteiger partial charge in [0.15, 0.2) is 0 Å². The Morgan fingerprint density at radius 3 is 1.95 bits per heavy atom. The van der Waals surface area contributed by atoms with Crippen molar-refractivity contribution in [2.24, 2.45) is 11.5 Å². The second kappa shape index (κ2) is 5.76. The first-order valence-electron chi connectivity index (χ1n) is 6.34. The van der Waals surface area contributed by atoms with Crippen LogP contribution in [0.25, 0.3) is 0 Å². The highest BCUT2D eigenvalue weighted by Gasteiger charge is 2.17. The Morgan fingerprint density at radius 1 is 1.05 bits per heavy atom. The predicted molar refractivity (Wildman–Crippen MR) is 77.7 cm³/mol. The molecular formula is C14H16N4O3. The van der Waals surface area contributed by atoms with Gasteiger partial charge in [-0.3, -0.25) is 14.4 Å². The van der Waals surface area contributed by atoms with Gasteiger partial charge in [0.1, 0.15) is 0 Å². The van der Waals surface area contributed by atoms with Gasteiger partial charge in [0.05, 0.1) is 0 Å². The number of amides is 3. The molecule has 0 bridgehead atoms. The summed E-state index contributed by atoms with van der Waals surface area (Å²) in [6, 6.07) is 4.11. The normalized spacial score (nSPS) is 13.3. The van der Waals surface area contributed by atoms with Gasteiger partial charge in [-0.05, 0) is 30.7 Å². The molecule has 0 aliphatic carbocycles. The van der Waals surface area contributed by atoms with E-state index in [1.165, 1.54) is 18.2 Å². The molecule has 6 N–H and O–H groups in total. The molecule has 1 aliphatic rings. The van der Waals surface area contributed by atoms with Gasteiger partial charge in [0.2, 0.25) is 11.8 Å². The molecule has 1 aromatic rings. The topological polar surface area (TPSA) is 127 Å². The first-order chi connectivity index (χ1) is 9.88. The van der Waals surface area contributed by atoms with Crippen LogP contribution in [0.4, 0.5) is 5.69 Å². The summed E-state index contributed by atoms with van der Waals surface area (Å²) in [4.78, 5) is 34.6. The zero-order valence-electron chi connectivity index (χ0n) is 11.5. The summed E-state index contributed by atoms with van der Waals surface area (Å²) in [6.45, 7) is 3.10. The first-order valence-corrected chi connectivity index (χ1v) is 6.34. The van der Waals surface area contributed by atoms with Gasteiger partial charge in [0.25, 0.3) is 5.91 Å². The number of primary amides is 2. The minimum absolute atomic E-state index is 0.109. The minimum atomic E-state index is -0.702. The monoisotopic (exact) mass is 288 g/mol. The molecule has 0 aromatic heterocycles. The lowest BCUT2D eigenvalue weighted by molar-refractivity contribution is -0.112. The fourth-order valence-electron chi connectivity index (χ4n) is 1.88. The molecule has 0 radical (unpaired) electrons. The molecule has 0 saturated carbocycles. The maximum atomic E-state index is 12.1. The highest BCUT2D eigenvalue weighted by atomic mass is 16.2. The van der Waals surface area contributed by atoms with E-state index < -0.39 is 11.8 Å². The number of carbonyl (C=O) groups excluding carboxylic acids is 3. The molecule has 21 heavy (non-hydrogen) atoms. The lowest BCUT2D eigenvalue weighted by atomic mass is 10.0. The molecule has 7 nitrogen and oxygen atoms in total. The SMILES string of the molecule is CC(C(=O)Nc1cc(C(N)=O)cc(C(N)=O)c1)=C1CNC1. The first kappa shape index (κ1) is 14.7. The van der Waals surface area contributed by atoms with Crippen LogP contribution >= 0.6 is 0 Å². The summed E-state index contributed by atoms with van der Waals surface area (Å²) in [5.74, 6) is -1.69. The summed E-state index contributed by atoms with van der Waals surface area (Å²) in [5.41, 5.74) is 12.6. The molecule has 0 spiro atoms. The fourth-order valence-corrected chi connectivity index (χ4v) is 1.88. The van der Waals surface area contributed by atoms with Gasteiger partial charge in [-0.1, -0.05) is 0 Å². The van der Waals surface area contributed by atoms with Gasteiger partial charge in [-0.25, -0.2) is 0 Å². The molecule has 110 valence electrons. The average molecular weight is 288 g/mol. The van der Waals surface area contributed by atoms with E-state index in [-0.39, 0.29) is 17.0 Å². The third-order valence-electron chi connectivity index (χ3n) is 3.31. The molecule has 1 heterocycles. The molecule has 1 saturated heterocycles. The molecule has 1 aliphatic heterocycles. The van der Waals surface area contributed by atoms with E-state index in [1.54, 1.807) is 6.92 Å². The van der Waals surface area contributed by atoms with Gasteiger partial charge in [-0.15, -0.1) is 0 Å². The van der Waals surface area contributed by atoms with E-state index in [0.717, 1.165) is 5.57 Å². The predicted octanol–water partition coefficient (Wildman–Crippen LogP) is -0.257. The van der Waals surface area contributed by atoms with Crippen molar-refractivity contribution >= 4 is 23.4 Å². The van der Waals surface area contributed by atoms with Crippen LogP contribution < -0.4 is 22.1 Å². The second-order valence-electron chi connectivity index (χ2n) is 4.81. The quantitative estimate of drug-likeness (QED) is 0.569. The van der Waals surface area contributed by atoms with Crippen LogP contribution in [0.5, 0.6) is 0 Å². The molecule has 0 atom stereocenters. The van der Waals surface area contributed by atoms with Crippen LogP contribution in [0.1, 0.15) is 27.6 Å². The number of benzene rings is 1. The molecule has 1 aromatic carbocycles. The Bertz CT molecular complexity index is 626. The van der Waals surface area contributed by atoms with E-state index in [0.29, 0.717) is 24.4 Å². The Hall–Kier alpha value is -2.67. The average Bonchev–Trinajstić information content (AvgIpc) is 2.35. The third kappa shape index (κ3) is 3.26. The van der Waals surface area contributed by atoms with Crippen molar-refractivity contribution in [1.82, 2.24) is 5.32 Å². The maximum Gasteiger partial charge on any atom is 0.251 e. The number of rotatable bonds is 4. The lowest BCUT2D eigenvalue weighted by Crippen LogP contribution is -2.36. The Morgan fingerprint density at radius 2 is 1.57 bits per heavy atom. The Balaban J connectivity index is 2.28. The van der Waals surface area contributed by atoms with Gasteiger partial charge < -0.3 is 22.1 Å². The van der Waals surface area contributed by atoms with Crippen molar-refractivity contribution in [3.05, 3.63) is 40.5 Å². The summed E-state index contributed by atoms with van der Waals surface area (Å²) in [6.07, 6.45) is 0. The Labute approximate surface area is 121 Å². The van der Waals surface area contributed by atoms with Gasteiger partial charge >= 0.3 is 0 Å². The zero-order valence-corrected chi connectivity index (χ0v) is 11.5. The van der Waals surface area contributed by atoms with Crippen molar-refractivity contribution in [2.45, 2.75) is 6.92 Å². The van der Waals surface area contributed by atoms with Crippen molar-refractivity contribution in [1.29, 1.82) is 0 Å². The molecule has 0 unspecified atom stereocenters. The summed E-state index contributed by atoms with van der Waals surface area (Å²) in [7, 11) is 0. The highest BCUT2D eigenvalue weighted by Crippen LogP contribution is 2.17. The number of anilines is 1. The molecule has 1 fully saturated rings. The lowest BCUT2D eigenvalue weighted by Gasteiger charge is -2.21. The van der Waals surface area contributed by atoms with Gasteiger partial charge in [-0.2, -0.15) is 0 Å². The smallest absolute Gasteiger partial charge is 0.251 e. The fraction of sp³-hybridized carbons (Fsp3) is 0.214. The van der Waals surface area contributed by atoms with Crippen LogP contribution in [-0.4, -0.2) is 30.8 Å². The van der Waals surface area contributed by atoms with Crippen molar-refractivity contribution in [3.8, 4) is 0 Å². The summed E-state index contributed by atoms with van der Waals surface area (Å²) in [5, 5.41) is 5.69. The van der Waals surface area contributed by atoms with E-state index >= 15 is 0 Å². The molecular weight excluding hydrogens is 272 g/mol. The van der Waals surface area contributed by atoms with Crippen LogP contribution in [0, 0.1) is 0 Å². The summed E-state index contributed by atoms with van der Waals surface area (Å²) >= 11 is 0. The molecule has 7 heteroatoms. The van der Waals surface area contributed by atoms with Crippen LogP contribution in [0.15, 0.2) is 29.3 Å². The molecule has 2 rings (SSSR count). The number of hydrogen-bond acceptors (Lipinski definition) is 4. The number of hydrogen-bond donors (Lipinski definition) is 4. The number of nitrogens with one attached hydrogen (secondary N) is 2. The largest absolute Gasteiger partial charge is 0.366 e. The number of nitrogens with two attached hydrogens (primary N) is 2. The van der Waals surface area contributed by atoms with E-state index in [9.17, 15) is 14.4 Å². The maximum absolute atomic E-state index is 12.1. The third-order valence-corrected chi connectivity index (χ3v) is 3.31. The summed E-state index contributed by atoms with van der Waals surface area (Å²) < 4.78 is 0. The molecule has 3 amide bonds. The van der Waals surface area contributed by atoms with Crippen LogP contribution in [0.2, 0.25) is 0 Å². The van der Waals surface area contributed by atoms with E-state index in [4.69, 9.17) is 11.5 Å². The van der Waals surface area contributed by atoms with E-state index in [2.05, 4.69) is 10.6 Å². The van der Waals surface area contributed by atoms with E-state index in [1.807, 2.05) is 0 Å². The van der Waals surface area contributed by atoms with Crippen LogP contribution in [0.3, 0.4) is 0 Å². The Kier molecular flexibility index (Phi) is 4.04. The van der Waals surface area contributed by atoms with Crippen molar-refractivity contribution < 1.29 is 14.4 Å². The van der Waals surface area contributed by atoms with Crippen LogP contribution in [-0.2, 0) is 4.79 Å². The second-order valence-corrected chi connectivity index (χ2v) is 4.81.